The lowest BCUT2D eigenvalue weighted by Crippen LogP contribution is -1.26. The molecule has 26 valence electrons. The SMILES string of the molecule is C.C#CC#N. The summed E-state index contributed by atoms with van der Waals surface area (Å²) in [5, 5.41) is 7.39. The molecule has 0 saturated carbocycles. The van der Waals surface area contributed by atoms with E-state index in [4.69, 9.17) is 5.26 Å². The van der Waals surface area contributed by atoms with E-state index < -0.39 is 0 Å². The third-order valence-electron chi connectivity index (χ3n) is 0.0645. The number of hydrogen-bond acceptors (Lipinski definition) is 1. The minimum atomic E-state index is 0. The molecule has 0 bridgehead atoms. The second-order valence-electron chi connectivity index (χ2n) is 0.256. The molecule has 0 aromatic heterocycles. The molecule has 0 aromatic carbocycles. The average molecular weight is 67.1 g/mol. The van der Waals surface area contributed by atoms with E-state index in [9.17, 15) is 0 Å². The predicted octanol–water partition coefficient (Wildman–Crippen LogP) is 0.779. The van der Waals surface area contributed by atoms with Crippen LogP contribution in [0.4, 0.5) is 0 Å². The first-order valence-electron chi connectivity index (χ1n) is 0.762. The first-order chi connectivity index (χ1) is 1.91. The van der Waals surface area contributed by atoms with Gasteiger partial charge in [0.1, 0.15) is 0 Å². The third kappa shape index (κ3) is 1350. The summed E-state index contributed by atoms with van der Waals surface area (Å²) in [4.78, 5) is 0. The van der Waals surface area contributed by atoms with Crippen LogP contribution in [0, 0.1) is 23.7 Å². The average Bonchev–Trinajstić information content (AvgIpc) is 1.37. The number of nitrogens with zero attached hydrogens (tertiary/aromatic N) is 1. The Kier molecular flexibility index (Phi) is 20.8. The molecule has 0 fully saturated rings. The van der Waals surface area contributed by atoms with E-state index in [-0.39, 0.29) is 7.43 Å². The Morgan fingerprint density at radius 2 is 1.80 bits per heavy atom. The van der Waals surface area contributed by atoms with Crippen LogP contribution in [0.15, 0.2) is 0 Å². The van der Waals surface area contributed by atoms with Gasteiger partial charge in [0.25, 0.3) is 0 Å². The Morgan fingerprint density at radius 3 is 1.80 bits per heavy atom. The summed E-state index contributed by atoms with van der Waals surface area (Å²) in [6.07, 6.45) is 4.42. The molecule has 0 aromatic rings. The molecule has 0 aliphatic rings. The molecule has 0 rings (SSSR count). The van der Waals surface area contributed by atoms with Crippen LogP contribution >= 0.6 is 0 Å². The number of nitriles is 1. The maximum absolute atomic E-state index is 7.39. The molecule has 0 heterocycles. The van der Waals surface area contributed by atoms with Gasteiger partial charge in [-0.05, 0) is 0 Å². The summed E-state index contributed by atoms with van der Waals surface area (Å²) in [7, 11) is 0. The van der Waals surface area contributed by atoms with Gasteiger partial charge in [-0.15, -0.1) is 6.42 Å². The van der Waals surface area contributed by atoms with Crippen molar-refractivity contribution in [1.82, 2.24) is 0 Å². The van der Waals surface area contributed by atoms with Crippen molar-refractivity contribution in [3.8, 4) is 18.4 Å². The summed E-state index contributed by atoms with van der Waals surface area (Å²) < 4.78 is 0. The summed E-state index contributed by atoms with van der Waals surface area (Å²) in [6.45, 7) is 0. The van der Waals surface area contributed by atoms with Gasteiger partial charge in [0.05, 0.1) is 0 Å². The summed E-state index contributed by atoms with van der Waals surface area (Å²) in [5.74, 6) is 1.74. The normalized spacial score (nSPS) is 2.00. The van der Waals surface area contributed by atoms with Crippen molar-refractivity contribution in [3.05, 3.63) is 0 Å². The molecule has 1 nitrogen and oxygen atoms in total. The summed E-state index contributed by atoms with van der Waals surface area (Å²) in [6, 6.07) is 1.46. The van der Waals surface area contributed by atoms with Gasteiger partial charge >= 0.3 is 0 Å². The van der Waals surface area contributed by atoms with Gasteiger partial charge in [-0.1, -0.05) is 7.43 Å². The molecule has 0 atom stereocenters. The minimum Gasteiger partial charge on any atom is -0.183 e. The molecule has 0 spiro atoms. The molecule has 5 heavy (non-hydrogen) atoms. The van der Waals surface area contributed by atoms with Gasteiger partial charge < -0.3 is 0 Å². The molecule has 0 unspecified atom stereocenters. The number of rotatable bonds is 0. The lowest BCUT2D eigenvalue weighted by atomic mass is 10.8. The highest BCUT2D eigenvalue weighted by atomic mass is 14.2. The Balaban J connectivity index is 0. The highest BCUT2D eigenvalue weighted by Crippen LogP contribution is 1.27. The standard InChI is InChI=1S/C3HN.CH4/c1-2-3-4;/h1H;1H4. The Morgan fingerprint density at radius 1 is 1.60 bits per heavy atom. The van der Waals surface area contributed by atoms with Gasteiger partial charge in [0.15, 0.2) is 6.07 Å². The molecular formula is C4H5N. The molecule has 0 saturated heterocycles. The van der Waals surface area contributed by atoms with Crippen molar-refractivity contribution in [1.29, 1.82) is 5.26 Å². The third-order valence-corrected chi connectivity index (χ3v) is 0.0645. The fourth-order valence-corrected chi connectivity index (χ4v) is 0. The lowest BCUT2D eigenvalue weighted by Gasteiger charge is -1.23. The van der Waals surface area contributed by atoms with Crippen molar-refractivity contribution in [3.63, 3.8) is 0 Å². The minimum absolute atomic E-state index is 0. The summed E-state index contributed by atoms with van der Waals surface area (Å²) in [5.41, 5.74) is 0. The number of terminal acetylenes is 1. The van der Waals surface area contributed by atoms with Crippen molar-refractivity contribution in [2.45, 2.75) is 7.43 Å². The lowest BCUT2D eigenvalue weighted by molar-refractivity contribution is 1.55. The Labute approximate surface area is 32.2 Å². The fourth-order valence-electron chi connectivity index (χ4n) is 0. The van der Waals surface area contributed by atoms with Crippen LogP contribution in [0.1, 0.15) is 7.43 Å². The van der Waals surface area contributed by atoms with Crippen molar-refractivity contribution in [2.75, 3.05) is 0 Å². The van der Waals surface area contributed by atoms with Crippen LogP contribution in [0.2, 0.25) is 0 Å². The van der Waals surface area contributed by atoms with Crippen LogP contribution in [0.5, 0.6) is 0 Å². The Bertz CT molecular complexity index is 58.6. The van der Waals surface area contributed by atoms with Gasteiger partial charge in [0.2, 0.25) is 0 Å². The maximum Gasteiger partial charge on any atom is 0.152 e. The van der Waals surface area contributed by atoms with Crippen LogP contribution < -0.4 is 0 Å². The van der Waals surface area contributed by atoms with Gasteiger partial charge in [-0.3, -0.25) is 0 Å². The Hall–Kier alpha value is -0.950. The zero-order chi connectivity index (χ0) is 3.41. The van der Waals surface area contributed by atoms with Gasteiger partial charge in [-0.2, -0.15) is 5.26 Å². The largest absolute Gasteiger partial charge is 0.183 e. The van der Waals surface area contributed by atoms with Crippen LogP contribution in [0.25, 0.3) is 0 Å². The van der Waals surface area contributed by atoms with E-state index in [1.807, 2.05) is 0 Å². The smallest absolute Gasteiger partial charge is 0.152 e. The second-order valence-corrected chi connectivity index (χ2v) is 0.256. The van der Waals surface area contributed by atoms with Gasteiger partial charge in [0, 0.05) is 5.92 Å². The molecule has 1 heteroatoms. The zero-order valence-corrected chi connectivity index (χ0v) is 2.02. The maximum atomic E-state index is 7.39. The van der Waals surface area contributed by atoms with E-state index in [1.54, 1.807) is 5.92 Å². The molecule has 0 radical (unpaired) electrons. The molecule has 0 aliphatic carbocycles. The first kappa shape index (κ1) is 8.96. The second kappa shape index (κ2) is 11.6. The van der Waals surface area contributed by atoms with Crippen LogP contribution in [-0.4, -0.2) is 0 Å². The molecule has 0 N–H and O–H groups in total. The van der Waals surface area contributed by atoms with Gasteiger partial charge in [-0.25, -0.2) is 0 Å². The highest BCUT2D eigenvalue weighted by molar-refractivity contribution is 5.08. The van der Waals surface area contributed by atoms with Crippen molar-refractivity contribution >= 4 is 0 Å². The molecule has 0 aliphatic heterocycles. The summed E-state index contributed by atoms with van der Waals surface area (Å²) >= 11 is 0. The van der Waals surface area contributed by atoms with Crippen molar-refractivity contribution in [2.24, 2.45) is 0 Å². The fraction of sp³-hybridized carbons (Fsp3) is 0.250. The topological polar surface area (TPSA) is 23.8 Å². The van der Waals surface area contributed by atoms with E-state index in [2.05, 4.69) is 6.42 Å². The zero-order valence-electron chi connectivity index (χ0n) is 2.02. The monoisotopic (exact) mass is 67.0 g/mol. The first-order valence-corrected chi connectivity index (χ1v) is 0.762. The number of hydrogen-bond donors (Lipinski definition) is 0. The van der Waals surface area contributed by atoms with E-state index in [0.717, 1.165) is 0 Å². The van der Waals surface area contributed by atoms with Crippen LogP contribution in [-0.2, 0) is 0 Å². The molecular weight excluding hydrogens is 62.1 g/mol. The highest BCUT2D eigenvalue weighted by Gasteiger charge is 1.31. The molecule has 0 amide bonds. The van der Waals surface area contributed by atoms with E-state index in [0.29, 0.717) is 0 Å². The van der Waals surface area contributed by atoms with Crippen molar-refractivity contribution < 1.29 is 0 Å². The van der Waals surface area contributed by atoms with Crippen LogP contribution in [0.3, 0.4) is 0 Å². The van der Waals surface area contributed by atoms with E-state index >= 15 is 0 Å². The predicted molar refractivity (Wildman–Crippen MR) is 21.2 cm³/mol. The van der Waals surface area contributed by atoms with E-state index in [1.165, 1.54) is 6.07 Å². The quantitative estimate of drug-likeness (QED) is 0.384.